The number of benzene rings is 1. The number of nitrogens with one attached hydrogen (secondary N) is 1. The Bertz CT molecular complexity index is 543. The first-order chi connectivity index (χ1) is 9.97. The molecule has 114 valence electrons. The highest BCUT2D eigenvalue weighted by molar-refractivity contribution is 5.89. The summed E-state index contributed by atoms with van der Waals surface area (Å²) in [5, 5.41) is 11.1. The monoisotopic (exact) mass is 298 g/mol. The van der Waals surface area contributed by atoms with Gasteiger partial charge in [0.25, 0.3) is 0 Å². The molecule has 0 radical (unpaired) electrons. The van der Waals surface area contributed by atoms with E-state index in [1.165, 1.54) is 17.0 Å². The summed E-state index contributed by atoms with van der Waals surface area (Å²) in [5.41, 5.74) is -0.201. The van der Waals surface area contributed by atoms with Gasteiger partial charge in [-0.15, -0.1) is 0 Å². The van der Waals surface area contributed by atoms with Crippen LogP contribution in [0, 0.1) is 17.6 Å². The second-order valence-electron chi connectivity index (χ2n) is 5.06. The molecule has 0 atom stereocenters. The number of hydrogen-bond acceptors (Lipinski definition) is 2. The molecule has 0 unspecified atom stereocenters. The van der Waals surface area contributed by atoms with Crippen LogP contribution in [-0.2, 0) is 4.79 Å². The highest BCUT2D eigenvalue weighted by atomic mass is 19.2. The van der Waals surface area contributed by atoms with E-state index in [0.29, 0.717) is 25.9 Å². The summed E-state index contributed by atoms with van der Waals surface area (Å²) >= 11 is 0. The summed E-state index contributed by atoms with van der Waals surface area (Å²) in [6.45, 7) is 0.807. The molecule has 0 bridgehead atoms. The number of carbonyl (C=O) groups excluding carboxylic acids is 1. The lowest BCUT2D eigenvalue weighted by molar-refractivity contribution is -0.138. The highest BCUT2D eigenvalue weighted by Crippen LogP contribution is 2.22. The fourth-order valence-electron chi connectivity index (χ4n) is 2.38. The van der Waals surface area contributed by atoms with Gasteiger partial charge in [-0.05, 0) is 30.9 Å². The maximum absolute atomic E-state index is 13.5. The van der Waals surface area contributed by atoms with Gasteiger partial charge in [0.2, 0.25) is 0 Å². The number of carboxylic acid groups (broad SMARTS) is 1. The highest BCUT2D eigenvalue weighted by Gasteiger charge is 2.24. The van der Waals surface area contributed by atoms with E-state index >= 15 is 0 Å². The Morgan fingerprint density at radius 1 is 1.29 bits per heavy atom. The Morgan fingerprint density at radius 2 is 1.95 bits per heavy atom. The normalized spacial score (nSPS) is 15.8. The standard InChI is InChI=1S/C14H16F2N2O3/c15-10-2-1-3-11(13(10)16)17-14(21)18-6-4-9(5-7-18)8-12(19)20/h1-3,9H,4-8H2,(H,17,21)(H,19,20). The van der Waals surface area contributed by atoms with Crippen molar-refractivity contribution in [3.8, 4) is 0 Å². The van der Waals surface area contributed by atoms with E-state index < -0.39 is 23.6 Å². The summed E-state index contributed by atoms with van der Waals surface area (Å²) in [6, 6.07) is 3.07. The lowest BCUT2D eigenvalue weighted by Gasteiger charge is -2.31. The maximum Gasteiger partial charge on any atom is 0.321 e. The third-order valence-corrected chi connectivity index (χ3v) is 3.56. The first-order valence-electron chi connectivity index (χ1n) is 6.69. The van der Waals surface area contributed by atoms with Crippen molar-refractivity contribution in [1.29, 1.82) is 0 Å². The molecule has 5 nitrogen and oxygen atoms in total. The number of aliphatic carboxylic acids is 1. The van der Waals surface area contributed by atoms with Crippen molar-refractivity contribution in [3.63, 3.8) is 0 Å². The van der Waals surface area contributed by atoms with Gasteiger partial charge in [-0.2, -0.15) is 0 Å². The summed E-state index contributed by atoms with van der Waals surface area (Å²) < 4.78 is 26.5. The molecule has 0 spiro atoms. The number of likely N-dealkylation sites (tertiary alicyclic amines) is 1. The molecular weight excluding hydrogens is 282 g/mol. The van der Waals surface area contributed by atoms with Gasteiger partial charge < -0.3 is 15.3 Å². The topological polar surface area (TPSA) is 69.6 Å². The molecule has 7 heteroatoms. The number of carbonyl (C=O) groups is 2. The molecule has 2 rings (SSSR count). The fourth-order valence-corrected chi connectivity index (χ4v) is 2.38. The zero-order valence-electron chi connectivity index (χ0n) is 11.3. The molecular formula is C14H16F2N2O3. The zero-order chi connectivity index (χ0) is 15.4. The molecule has 1 aliphatic rings. The van der Waals surface area contributed by atoms with E-state index in [9.17, 15) is 18.4 Å². The van der Waals surface area contributed by atoms with Gasteiger partial charge in [-0.3, -0.25) is 4.79 Å². The van der Waals surface area contributed by atoms with Crippen LogP contribution >= 0.6 is 0 Å². The van der Waals surface area contributed by atoms with E-state index in [2.05, 4.69) is 5.32 Å². The molecule has 2 N–H and O–H groups in total. The molecule has 2 amide bonds. The van der Waals surface area contributed by atoms with Gasteiger partial charge in [0.15, 0.2) is 11.6 Å². The number of rotatable bonds is 3. The number of piperidine rings is 1. The van der Waals surface area contributed by atoms with E-state index in [0.717, 1.165) is 6.07 Å². The first-order valence-corrected chi connectivity index (χ1v) is 6.69. The van der Waals surface area contributed by atoms with Crippen molar-refractivity contribution in [3.05, 3.63) is 29.8 Å². The predicted molar refractivity (Wildman–Crippen MR) is 71.9 cm³/mol. The van der Waals surface area contributed by atoms with Crippen LogP contribution in [0.4, 0.5) is 19.3 Å². The number of anilines is 1. The van der Waals surface area contributed by atoms with E-state index in [1.54, 1.807) is 0 Å². The Morgan fingerprint density at radius 3 is 2.57 bits per heavy atom. The molecule has 1 saturated heterocycles. The number of carboxylic acids is 1. The molecule has 0 saturated carbocycles. The van der Waals surface area contributed by atoms with Crippen LogP contribution < -0.4 is 5.32 Å². The number of urea groups is 1. The van der Waals surface area contributed by atoms with E-state index in [4.69, 9.17) is 5.11 Å². The number of hydrogen-bond donors (Lipinski definition) is 2. The summed E-state index contributed by atoms with van der Waals surface area (Å²) in [7, 11) is 0. The largest absolute Gasteiger partial charge is 0.481 e. The lowest BCUT2D eigenvalue weighted by atomic mass is 9.94. The molecule has 0 aromatic heterocycles. The SMILES string of the molecule is O=C(O)CC1CCN(C(=O)Nc2cccc(F)c2F)CC1. The first kappa shape index (κ1) is 15.2. The van der Waals surface area contributed by atoms with Crippen molar-refractivity contribution >= 4 is 17.7 Å². The fraction of sp³-hybridized carbons (Fsp3) is 0.429. The molecule has 1 aliphatic heterocycles. The molecule has 1 fully saturated rings. The minimum atomic E-state index is -1.09. The third-order valence-electron chi connectivity index (χ3n) is 3.56. The minimum Gasteiger partial charge on any atom is -0.481 e. The van der Waals surface area contributed by atoms with Crippen LogP contribution in [0.2, 0.25) is 0 Å². The second-order valence-corrected chi connectivity index (χ2v) is 5.06. The van der Waals surface area contributed by atoms with Crippen LogP contribution in [-0.4, -0.2) is 35.1 Å². The predicted octanol–water partition coefficient (Wildman–Crippen LogP) is 2.68. The van der Waals surface area contributed by atoms with E-state index in [-0.39, 0.29) is 18.0 Å². The Labute approximate surface area is 120 Å². The van der Waals surface area contributed by atoms with Crippen molar-refractivity contribution in [2.45, 2.75) is 19.3 Å². The van der Waals surface area contributed by atoms with Gasteiger partial charge in [0.05, 0.1) is 5.69 Å². The van der Waals surface area contributed by atoms with Crippen LogP contribution in [0.15, 0.2) is 18.2 Å². The summed E-state index contributed by atoms with van der Waals surface area (Å²) in [4.78, 5) is 24.1. The quantitative estimate of drug-likeness (QED) is 0.901. The molecule has 21 heavy (non-hydrogen) atoms. The Kier molecular flexibility index (Phi) is 4.72. The average molecular weight is 298 g/mol. The molecule has 1 heterocycles. The van der Waals surface area contributed by atoms with Crippen molar-refractivity contribution in [1.82, 2.24) is 4.90 Å². The van der Waals surface area contributed by atoms with Crippen LogP contribution in [0.25, 0.3) is 0 Å². The zero-order valence-corrected chi connectivity index (χ0v) is 11.3. The van der Waals surface area contributed by atoms with Crippen molar-refractivity contribution in [2.24, 2.45) is 5.92 Å². The van der Waals surface area contributed by atoms with Crippen molar-refractivity contribution < 1.29 is 23.5 Å². The second kappa shape index (κ2) is 6.51. The lowest BCUT2D eigenvalue weighted by Crippen LogP contribution is -2.41. The smallest absolute Gasteiger partial charge is 0.321 e. The Balaban J connectivity index is 1.90. The van der Waals surface area contributed by atoms with Gasteiger partial charge in [0.1, 0.15) is 0 Å². The van der Waals surface area contributed by atoms with Crippen LogP contribution in [0.1, 0.15) is 19.3 Å². The van der Waals surface area contributed by atoms with Crippen molar-refractivity contribution in [2.75, 3.05) is 18.4 Å². The number of halogens is 2. The number of amides is 2. The van der Waals surface area contributed by atoms with E-state index in [1.807, 2.05) is 0 Å². The van der Waals surface area contributed by atoms with Crippen LogP contribution in [0.5, 0.6) is 0 Å². The summed E-state index contributed by atoms with van der Waals surface area (Å²) in [6.07, 6.45) is 1.27. The Hall–Kier alpha value is -2.18. The van der Waals surface area contributed by atoms with Gasteiger partial charge >= 0.3 is 12.0 Å². The molecule has 1 aromatic carbocycles. The minimum absolute atomic E-state index is 0.0532. The van der Waals surface area contributed by atoms with Gasteiger partial charge in [-0.1, -0.05) is 6.07 Å². The average Bonchev–Trinajstić information content (AvgIpc) is 2.44. The van der Waals surface area contributed by atoms with Gasteiger partial charge in [0, 0.05) is 19.5 Å². The molecule has 1 aromatic rings. The van der Waals surface area contributed by atoms with Crippen LogP contribution in [0.3, 0.4) is 0 Å². The maximum atomic E-state index is 13.5. The summed E-state index contributed by atoms with van der Waals surface area (Å²) in [5.74, 6) is -2.91. The van der Waals surface area contributed by atoms with Gasteiger partial charge in [-0.25, -0.2) is 13.6 Å². The molecule has 0 aliphatic carbocycles. The third kappa shape index (κ3) is 3.90. The number of nitrogens with zero attached hydrogens (tertiary/aromatic N) is 1.